The van der Waals surface area contributed by atoms with Crippen molar-refractivity contribution in [2.24, 2.45) is 5.92 Å². The molecule has 0 heterocycles. The molecular weight excluding hydrogens is 303 g/mol. The van der Waals surface area contributed by atoms with Gasteiger partial charge in [0.2, 0.25) is 15.8 Å². The van der Waals surface area contributed by atoms with Crippen molar-refractivity contribution < 1.29 is 22.8 Å². The van der Waals surface area contributed by atoms with Gasteiger partial charge in [0.1, 0.15) is 0 Å². The van der Waals surface area contributed by atoms with Gasteiger partial charge in [-0.15, -0.1) is 0 Å². The maximum Gasteiger partial charge on any atom is 0.304 e. The Labute approximate surface area is 122 Å². The van der Waals surface area contributed by atoms with E-state index in [1.165, 1.54) is 0 Å². The van der Waals surface area contributed by atoms with Crippen molar-refractivity contribution in [1.29, 1.82) is 0 Å². The first kappa shape index (κ1) is 17.5. The van der Waals surface area contributed by atoms with E-state index < -0.39 is 26.5 Å². The van der Waals surface area contributed by atoms with Crippen LogP contribution in [0.5, 0.6) is 0 Å². The molecule has 0 fully saturated rings. The highest BCUT2D eigenvalue weighted by molar-refractivity contribution is 7.89. The Bertz CT molecular complexity index is 606. The van der Waals surface area contributed by atoms with Crippen LogP contribution < -0.4 is 4.72 Å². The fourth-order valence-electron chi connectivity index (χ4n) is 1.75. The van der Waals surface area contributed by atoms with Gasteiger partial charge in [-0.05, 0) is 18.4 Å². The summed E-state index contributed by atoms with van der Waals surface area (Å²) in [6.45, 7) is 1.92. The molecule has 118 valence electrons. The minimum Gasteiger partial charge on any atom is -0.396 e. The van der Waals surface area contributed by atoms with Crippen molar-refractivity contribution in [2.75, 3.05) is 13.2 Å². The Morgan fingerprint density at radius 2 is 2.14 bits per heavy atom. The van der Waals surface area contributed by atoms with Crippen molar-refractivity contribution >= 4 is 15.7 Å². The summed E-state index contributed by atoms with van der Waals surface area (Å²) >= 11 is 0. The molecule has 0 aliphatic rings. The van der Waals surface area contributed by atoms with E-state index in [1.54, 1.807) is 0 Å². The maximum atomic E-state index is 13.5. The zero-order valence-electron chi connectivity index (χ0n) is 11.5. The molecule has 1 atom stereocenters. The monoisotopic (exact) mass is 320 g/mol. The van der Waals surface area contributed by atoms with Gasteiger partial charge in [-0.1, -0.05) is 13.3 Å². The van der Waals surface area contributed by atoms with Crippen LogP contribution in [0.25, 0.3) is 0 Å². The van der Waals surface area contributed by atoms with Crippen molar-refractivity contribution in [3.63, 3.8) is 0 Å². The summed E-state index contributed by atoms with van der Waals surface area (Å²) in [5, 5.41) is 19.3. The van der Waals surface area contributed by atoms with E-state index in [-0.39, 0.29) is 24.0 Å². The number of sulfonamides is 1. The van der Waals surface area contributed by atoms with Gasteiger partial charge in [-0.2, -0.15) is 4.39 Å². The molecule has 9 heteroatoms. The minimum atomic E-state index is -3.94. The second-order valence-corrected chi connectivity index (χ2v) is 6.28. The number of hydrogen-bond acceptors (Lipinski definition) is 5. The van der Waals surface area contributed by atoms with Crippen LogP contribution in [0, 0.1) is 21.8 Å². The molecule has 0 aromatic heterocycles. The van der Waals surface area contributed by atoms with E-state index in [4.69, 9.17) is 5.11 Å². The van der Waals surface area contributed by atoms with Gasteiger partial charge >= 0.3 is 5.69 Å². The third-order valence-corrected chi connectivity index (χ3v) is 4.52. The lowest BCUT2D eigenvalue weighted by Crippen LogP contribution is -2.29. The maximum absolute atomic E-state index is 13.5. The Morgan fingerprint density at radius 1 is 1.48 bits per heavy atom. The number of halogens is 1. The zero-order valence-corrected chi connectivity index (χ0v) is 12.3. The SMILES string of the molecule is CCC(CCO)CNS(=O)(=O)c1ccc([N+](=O)[O-])c(F)c1. The van der Waals surface area contributed by atoms with E-state index >= 15 is 0 Å². The molecule has 1 aromatic rings. The number of hydrogen-bond donors (Lipinski definition) is 2. The molecule has 0 saturated carbocycles. The quantitative estimate of drug-likeness (QED) is 0.556. The molecule has 1 aromatic carbocycles. The van der Waals surface area contributed by atoms with Crippen LogP contribution in [0.1, 0.15) is 19.8 Å². The number of nitro groups is 1. The number of nitro benzene ring substituents is 1. The largest absolute Gasteiger partial charge is 0.396 e. The summed E-state index contributed by atoms with van der Waals surface area (Å²) in [7, 11) is -3.94. The van der Waals surface area contributed by atoms with E-state index in [2.05, 4.69) is 4.72 Å². The van der Waals surface area contributed by atoms with Gasteiger partial charge in [-0.3, -0.25) is 10.1 Å². The van der Waals surface area contributed by atoms with Crippen LogP contribution in [-0.2, 0) is 10.0 Å². The molecule has 2 N–H and O–H groups in total. The molecule has 0 radical (unpaired) electrons. The molecule has 0 aliphatic heterocycles. The fraction of sp³-hybridized carbons (Fsp3) is 0.500. The Balaban J connectivity index is 2.88. The Morgan fingerprint density at radius 3 is 2.62 bits per heavy atom. The highest BCUT2D eigenvalue weighted by atomic mass is 32.2. The first-order valence-corrected chi connectivity index (χ1v) is 7.84. The lowest BCUT2D eigenvalue weighted by atomic mass is 10.0. The van der Waals surface area contributed by atoms with Crippen molar-refractivity contribution in [2.45, 2.75) is 24.7 Å². The van der Waals surface area contributed by atoms with Gasteiger partial charge in [0.25, 0.3) is 0 Å². The van der Waals surface area contributed by atoms with Gasteiger partial charge < -0.3 is 5.11 Å². The standard InChI is InChI=1S/C12H17FN2O5S/c1-2-9(5-6-16)8-14-21(19,20)10-3-4-12(15(17)18)11(13)7-10/h3-4,7,9,14,16H,2,5-6,8H2,1H3. The molecular formula is C12H17FN2O5S. The predicted molar refractivity (Wildman–Crippen MR) is 73.7 cm³/mol. The number of nitrogens with one attached hydrogen (secondary N) is 1. The highest BCUT2D eigenvalue weighted by Gasteiger charge is 2.21. The number of rotatable bonds is 8. The van der Waals surface area contributed by atoms with E-state index in [0.717, 1.165) is 12.1 Å². The number of benzene rings is 1. The summed E-state index contributed by atoms with van der Waals surface area (Å²) < 4.78 is 39.7. The smallest absolute Gasteiger partial charge is 0.304 e. The first-order chi connectivity index (χ1) is 9.81. The lowest BCUT2D eigenvalue weighted by molar-refractivity contribution is -0.387. The highest BCUT2D eigenvalue weighted by Crippen LogP contribution is 2.21. The molecule has 0 bridgehead atoms. The summed E-state index contributed by atoms with van der Waals surface area (Å²) in [6, 6.07) is 2.42. The zero-order chi connectivity index (χ0) is 16.0. The number of nitrogens with zero attached hydrogens (tertiary/aromatic N) is 1. The van der Waals surface area contributed by atoms with E-state index in [9.17, 15) is 22.9 Å². The van der Waals surface area contributed by atoms with Gasteiger partial charge in [0.15, 0.2) is 0 Å². The molecule has 0 saturated heterocycles. The van der Waals surface area contributed by atoms with Crippen LogP contribution >= 0.6 is 0 Å². The Kier molecular flexibility index (Phi) is 6.19. The fourth-order valence-corrected chi connectivity index (χ4v) is 2.87. The third kappa shape index (κ3) is 4.73. The molecule has 0 spiro atoms. The summed E-state index contributed by atoms with van der Waals surface area (Å²) in [4.78, 5) is 9.19. The number of aliphatic hydroxyl groups excluding tert-OH is 1. The van der Waals surface area contributed by atoms with Gasteiger partial charge in [0.05, 0.1) is 9.82 Å². The van der Waals surface area contributed by atoms with E-state index in [0.29, 0.717) is 18.9 Å². The average molecular weight is 320 g/mol. The minimum absolute atomic E-state index is 0.0346. The molecule has 1 rings (SSSR count). The predicted octanol–water partition coefficient (Wildman–Crippen LogP) is 1.42. The topological polar surface area (TPSA) is 110 Å². The van der Waals surface area contributed by atoms with Gasteiger partial charge in [0, 0.05) is 25.3 Å². The van der Waals surface area contributed by atoms with Crippen molar-refractivity contribution in [3.8, 4) is 0 Å². The van der Waals surface area contributed by atoms with Crippen LogP contribution in [0.3, 0.4) is 0 Å². The molecule has 0 amide bonds. The molecule has 0 aliphatic carbocycles. The Hall–Kier alpha value is -1.58. The second-order valence-electron chi connectivity index (χ2n) is 4.51. The van der Waals surface area contributed by atoms with Crippen LogP contribution in [0.2, 0.25) is 0 Å². The second kappa shape index (κ2) is 7.43. The van der Waals surface area contributed by atoms with Crippen LogP contribution in [0.15, 0.2) is 23.1 Å². The average Bonchev–Trinajstić information content (AvgIpc) is 2.42. The lowest BCUT2D eigenvalue weighted by Gasteiger charge is -2.14. The molecule has 21 heavy (non-hydrogen) atoms. The molecule has 1 unspecified atom stereocenters. The number of aliphatic hydroxyl groups is 1. The van der Waals surface area contributed by atoms with Crippen LogP contribution in [0.4, 0.5) is 10.1 Å². The first-order valence-electron chi connectivity index (χ1n) is 6.36. The van der Waals surface area contributed by atoms with Crippen molar-refractivity contribution in [1.82, 2.24) is 4.72 Å². The summed E-state index contributed by atoms with van der Waals surface area (Å²) in [6.07, 6.45) is 1.13. The summed E-state index contributed by atoms with van der Waals surface area (Å²) in [5.74, 6) is -1.24. The van der Waals surface area contributed by atoms with E-state index in [1.807, 2.05) is 6.92 Å². The van der Waals surface area contributed by atoms with Gasteiger partial charge in [-0.25, -0.2) is 13.1 Å². The van der Waals surface area contributed by atoms with Crippen LogP contribution in [-0.4, -0.2) is 31.6 Å². The molecule has 7 nitrogen and oxygen atoms in total. The summed E-state index contributed by atoms with van der Waals surface area (Å²) in [5.41, 5.74) is -0.777. The van der Waals surface area contributed by atoms with Crippen molar-refractivity contribution in [3.05, 3.63) is 34.1 Å². The third-order valence-electron chi connectivity index (χ3n) is 3.10. The normalized spacial score (nSPS) is 13.1.